The fraction of sp³-hybridized carbons (Fsp3) is 0.368. The molecule has 7 heteroatoms. The number of benzene rings is 1. The van der Waals surface area contributed by atoms with Crippen LogP contribution in [0.3, 0.4) is 0 Å². The van der Waals surface area contributed by atoms with Crippen LogP contribution in [0.15, 0.2) is 42.0 Å². The Labute approximate surface area is 157 Å². The highest BCUT2D eigenvalue weighted by Crippen LogP contribution is 2.22. The van der Waals surface area contributed by atoms with Gasteiger partial charge in [0.25, 0.3) is 0 Å². The standard InChI is InChI=1S/C19H23N5OS/c1-23-13-16(10-21-23)18-14-26-19(22-18)11-20-17-4-2-15(3-5-17)12-24-6-8-25-9-7-24/h2-5,10,13-14,20H,6-9,11-12H2,1H3. The van der Waals surface area contributed by atoms with Gasteiger partial charge in [0, 0.05) is 49.5 Å². The molecule has 0 amide bonds. The molecule has 6 nitrogen and oxygen atoms in total. The van der Waals surface area contributed by atoms with Gasteiger partial charge < -0.3 is 10.1 Å². The molecule has 0 saturated carbocycles. The zero-order chi connectivity index (χ0) is 17.8. The van der Waals surface area contributed by atoms with Gasteiger partial charge in [-0.3, -0.25) is 9.58 Å². The SMILES string of the molecule is Cn1cc(-c2csc(CNc3ccc(CN4CCOCC4)cc3)n2)cn1. The molecule has 0 aliphatic carbocycles. The quantitative estimate of drug-likeness (QED) is 0.724. The summed E-state index contributed by atoms with van der Waals surface area (Å²) in [4.78, 5) is 7.12. The molecule has 1 aliphatic rings. The first-order valence-corrected chi connectivity index (χ1v) is 9.70. The Bertz CT molecular complexity index is 836. The van der Waals surface area contributed by atoms with E-state index >= 15 is 0 Å². The molecule has 0 radical (unpaired) electrons. The lowest BCUT2D eigenvalue weighted by Gasteiger charge is -2.26. The predicted molar refractivity (Wildman–Crippen MR) is 104 cm³/mol. The maximum absolute atomic E-state index is 5.40. The number of aromatic nitrogens is 3. The lowest BCUT2D eigenvalue weighted by atomic mass is 10.2. The second-order valence-corrected chi connectivity index (χ2v) is 7.41. The summed E-state index contributed by atoms with van der Waals surface area (Å²) < 4.78 is 7.20. The van der Waals surface area contributed by atoms with Crippen molar-refractivity contribution in [3.8, 4) is 11.3 Å². The van der Waals surface area contributed by atoms with Gasteiger partial charge in [-0.1, -0.05) is 12.1 Å². The second kappa shape index (κ2) is 7.99. The number of hydrogen-bond acceptors (Lipinski definition) is 6. The van der Waals surface area contributed by atoms with Crippen LogP contribution in [0.1, 0.15) is 10.6 Å². The van der Waals surface area contributed by atoms with Crippen molar-refractivity contribution in [1.82, 2.24) is 19.7 Å². The summed E-state index contributed by atoms with van der Waals surface area (Å²) in [6, 6.07) is 8.68. The van der Waals surface area contributed by atoms with Crippen LogP contribution >= 0.6 is 11.3 Å². The van der Waals surface area contributed by atoms with Crippen molar-refractivity contribution in [2.45, 2.75) is 13.1 Å². The third-order valence-electron chi connectivity index (χ3n) is 4.46. The van der Waals surface area contributed by atoms with Crippen LogP contribution in [0.25, 0.3) is 11.3 Å². The van der Waals surface area contributed by atoms with Gasteiger partial charge in [0.2, 0.25) is 0 Å². The molecular formula is C19H23N5OS. The van der Waals surface area contributed by atoms with E-state index in [0.717, 1.165) is 61.3 Å². The molecule has 0 unspecified atom stereocenters. The van der Waals surface area contributed by atoms with Crippen molar-refractivity contribution >= 4 is 17.0 Å². The molecule has 1 fully saturated rings. The molecule has 1 aliphatic heterocycles. The lowest BCUT2D eigenvalue weighted by molar-refractivity contribution is 0.0342. The summed E-state index contributed by atoms with van der Waals surface area (Å²) in [5.74, 6) is 0. The molecule has 0 atom stereocenters. The van der Waals surface area contributed by atoms with Crippen LogP contribution in [0, 0.1) is 0 Å². The van der Waals surface area contributed by atoms with E-state index in [2.05, 4.69) is 49.9 Å². The van der Waals surface area contributed by atoms with E-state index in [1.165, 1.54) is 5.56 Å². The highest BCUT2D eigenvalue weighted by Gasteiger charge is 2.10. The Morgan fingerprint density at radius 3 is 2.73 bits per heavy atom. The minimum absolute atomic E-state index is 0.730. The van der Waals surface area contributed by atoms with E-state index in [9.17, 15) is 0 Å². The molecule has 136 valence electrons. The van der Waals surface area contributed by atoms with Crippen LogP contribution in [0.2, 0.25) is 0 Å². The van der Waals surface area contributed by atoms with Crippen molar-refractivity contribution in [1.29, 1.82) is 0 Å². The van der Waals surface area contributed by atoms with Gasteiger partial charge in [-0.25, -0.2) is 4.98 Å². The Morgan fingerprint density at radius 1 is 1.19 bits per heavy atom. The molecule has 2 aromatic heterocycles. The van der Waals surface area contributed by atoms with Gasteiger partial charge in [-0.15, -0.1) is 11.3 Å². The largest absolute Gasteiger partial charge is 0.379 e. The first kappa shape index (κ1) is 17.2. The molecule has 4 rings (SSSR count). The topological polar surface area (TPSA) is 55.2 Å². The van der Waals surface area contributed by atoms with Crippen molar-refractivity contribution in [3.63, 3.8) is 0 Å². The van der Waals surface area contributed by atoms with Crippen LogP contribution in [-0.2, 0) is 24.9 Å². The molecule has 0 bridgehead atoms. The second-order valence-electron chi connectivity index (χ2n) is 6.47. The number of nitrogens with one attached hydrogen (secondary N) is 1. The van der Waals surface area contributed by atoms with E-state index in [0.29, 0.717) is 0 Å². The minimum Gasteiger partial charge on any atom is -0.379 e. The summed E-state index contributed by atoms with van der Waals surface area (Å²) >= 11 is 1.67. The van der Waals surface area contributed by atoms with Crippen LogP contribution in [-0.4, -0.2) is 46.0 Å². The summed E-state index contributed by atoms with van der Waals surface area (Å²) in [6.45, 7) is 5.44. The molecule has 26 heavy (non-hydrogen) atoms. The molecule has 1 aromatic carbocycles. The number of anilines is 1. The summed E-state index contributed by atoms with van der Waals surface area (Å²) in [5, 5.41) is 10.8. The Balaban J connectivity index is 1.31. The molecule has 1 N–H and O–H groups in total. The van der Waals surface area contributed by atoms with Gasteiger partial charge in [0.05, 0.1) is 31.6 Å². The normalized spacial score (nSPS) is 15.3. The monoisotopic (exact) mass is 369 g/mol. The average Bonchev–Trinajstić information content (AvgIpc) is 3.31. The van der Waals surface area contributed by atoms with E-state index in [-0.39, 0.29) is 0 Å². The number of hydrogen-bond donors (Lipinski definition) is 1. The number of thiazole rings is 1. The summed E-state index contributed by atoms with van der Waals surface area (Å²) in [7, 11) is 1.92. The van der Waals surface area contributed by atoms with E-state index in [1.807, 2.05) is 19.4 Å². The van der Waals surface area contributed by atoms with Crippen LogP contribution in [0.4, 0.5) is 5.69 Å². The van der Waals surface area contributed by atoms with Crippen LogP contribution in [0.5, 0.6) is 0 Å². The molecular weight excluding hydrogens is 346 g/mol. The van der Waals surface area contributed by atoms with Gasteiger partial charge in [-0.2, -0.15) is 5.10 Å². The number of ether oxygens (including phenoxy) is 1. The first-order valence-electron chi connectivity index (χ1n) is 8.82. The fourth-order valence-electron chi connectivity index (χ4n) is 3.00. The molecule has 3 heterocycles. The highest BCUT2D eigenvalue weighted by atomic mass is 32.1. The van der Waals surface area contributed by atoms with E-state index in [4.69, 9.17) is 4.74 Å². The van der Waals surface area contributed by atoms with Gasteiger partial charge in [0.1, 0.15) is 5.01 Å². The highest BCUT2D eigenvalue weighted by molar-refractivity contribution is 7.09. The van der Waals surface area contributed by atoms with E-state index < -0.39 is 0 Å². The van der Waals surface area contributed by atoms with Crippen LogP contribution < -0.4 is 5.32 Å². The smallest absolute Gasteiger partial charge is 0.112 e. The number of aryl methyl sites for hydroxylation is 1. The maximum atomic E-state index is 5.40. The van der Waals surface area contributed by atoms with Crippen molar-refractivity contribution < 1.29 is 4.74 Å². The van der Waals surface area contributed by atoms with Crippen molar-refractivity contribution in [3.05, 3.63) is 52.6 Å². The van der Waals surface area contributed by atoms with Crippen molar-refractivity contribution in [2.75, 3.05) is 31.6 Å². The molecule has 0 spiro atoms. The minimum atomic E-state index is 0.730. The number of nitrogens with zero attached hydrogens (tertiary/aromatic N) is 4. The maximum Gasteiger partial charge on any atom is 0.112 e. The average molecular weight is 369 g/mol. The summed E-state index contributed by atoms with van der Waals surface area (Å²) in [5.41, 5.74) is 4.50. The number of rotatable bonds is 6. The zero-order valence-corrected chi connectivity index (χ0v) is 15.7. The fourth-order valence-corrected chi connectivity index (χ4v) is 3.74. The molecule has 3 aromatic rings. The van der Waals surface area contributed by atoms with E-state index in [1.54, 1.807) is 16.0 Å². The Hall–Kier alpha value is -2.22. The molecule has 1 saturated heterocycles. The van der Waals surface area contributed by atoms with Crippen molar-refractivity contribution in [2.24, 2.45) is 7.05 Å². The first-order chi connectivity index (χ1) is 12.8. The Kier molecular flexibility index (Phi) is 5.29. The van der Waals surface area contributed by atoms with Gasteiger partial charge >= 0.3 is 0 Å². The Morgan fingerprint density at radius 2 is 2.00 bits per heavy atom. The summed E-state index contributed by atoms with van der Waals surface area (Å²) in [6.07, 6.45) is 3.83. The zero-order valence-electron chi connectivity index (χ0n) is 14.9. The van der Waals surface area contributed by atoms with Gasteiger partial charge in [-0.05, 0) is 17.7 Å². The predicted octanol–water partition coefficient (Wildman–Crippen LogP) is 2.99. The third-order valence-corrected chi connectivity index (χ3v) is 5.31. The van der Waals surface area contributed by atoms with Gasteiger partial charge in [0.15, 0.2) is 0 Å². The third kappa shape index (κ3) is 4.30. The lowest BCUT2D eigenvalue weighted by Crippen LogP contribution is -2.35. The number of morpholine rings is 1.